The van der Waals surface area contributed by atoms with Gasteiger partial charge >= 0.3 is 0 Å². The Balaban J connectivity index is 2.58. The van der Waals surface area contributed by atoms with Crippen LogP contribution in [-0.2, 0) is 6.42 Å². The van der Waals surface area contributed by atoms with Crippen LogP contribution in [0.3, 0.4) is 0 Å². The summed E-state index contributed by atoms with van der Waals surface area (Å²) in [5.41, 5.74) is 7.32. The molecule has 0 aliphatic heterocycles. The van der Waals surface area contributed by atoms with Crippen LogP contribution in [0, 0.1) is 5.41 Å². The predicted octanol–water partition coefficient (Wildman–Crippen LogP) is 4.19. The first-order valence-corrected chi connectivity index (χ1v) is 6.98. The van der Waals surface area contributed by atoms with Crippen LogP contribution in [0.1, 0.15) is 25.8 Å². The average molecular weight is 341 g/mol. The first-order chi connectivity index (χ1) is 6.44. The molecule has 1 heterocycles. The molecule has 4 heteroatoms. The minimum Gasteiger partial charge on any atom is -0.330 e. The van der Waals surface area contributed by atoms with Gasteiger partial charge in [-0.05, 0) is 68.3 Å². The highest BCUT2D eigenvalue weighted by Crippen LogP contribution is 2.34. The molecule has 0 unspecified atom stereocenters. The number of thiophene rings is 1. The van der Waals surface area contributed by atoms with Gasteiger partial charge in [0.15, 0.2) is 0 Å². The Kier molecular flexibility index (Phi) is 4.62. The standard InChI is InChI=1S/C10H15Br2NS/c1-10(2,6-13)4-3-7-5-8(11)14-9(7)12/h5H,3-4,6,13H2,1-2H3. The first-order valence-electron chi connectivity index (χ1n) is 4.58. The van der Waals surface area contributed by atoms with Crippen molar-refractivity contribution in [1.29, 1.82) is 0 Å². The Hall–Kier alpha value is 0.620. The van der Waals surface area contributed by atoms with Gasteiger partial charge in [0.25, 0.3) is 0 Å². The minimum atomic E-state index is 0.244. The van der Waals surface area contributed by atoms with E-state index < -0.39 is 0 Å². The smallest absolute Gasteiger partial charge is 0.0742 e. The lowest BCUT2D eigenvalue weighted by Crippen LogP contribution is -2.23. The molecule has 14 heavy (non-hydrogen) atoms. The molecule has 1 rings (SSSR count). The summed E-state index contributed by atoms with van der Waals surface area (Å²) in [5, 5.41) is 0. The molecule has 0 saturated heterocycles. The van der Waals surface area contributed by atoms with E-state index in [2.05, 4.69) is 51.8 Å². The molecule has 80 valence electrons. The topological polar surface area (TPSA) is 26.0 Å². The number of aryl methyl sites for hydroxylation is 1. The van der Waals surface area contributed by atoms with Crippen LogP contribution in [-0.4, -0.2) is 6.54 Å². The van der Waals surface area contributed by atoms with Gasteiger partial charge in [-0.15, -0.1) is 11.3 Å². The van der Waals surface area contributed by atoms with E-state index in [9.17, 15) is 0 Å². The molecular formula is C10H15Br2NS. The Morgan fingerprint density at radius 3 is 2.50 bits per heavy atom. The molecular weight excluding hydrogens is 326 g/mol. The predicted molar refractivity (Wildman–Crippen MR) is 70.9 cm³/mol. The van der Waals surface area contributed by atoms with E-state index in [-0.39, 0.29) is 5.41 Å². The molecule has 0 radical (unpaired) electrons. The van der Waals surface area contributed by atoms with Crippen LogP contribution in [0.4, 0.5) is 0 Å². The van der Waals surface area contributed by atoms with Crippen LogP contribution in [0.5, 0.6) is 0 Å². The first kappa shape index (κ1) is 12.7. The zero-order chi connectivity index (χ0) is 10.8. The molecule has 1 aromatic rings. The zero-order valence-electron chi connectivity index (χ0n) is 8.44. The van der Waals surface area contributed by atoms with Gasteiger partial charge < -0.3 is 5.73 Å². The Morgan fingerprint density at radius 1 is 1.43 bits per heavy atom. The maximum Gasteiger partial charge on any atom is 0.0742 e. The van der Waals surface area contributed by atoms with Gasteiger partial charge in [0.2, 0.25) is 0 Å². The quantitative estimate of drug-likeness (QED) is 0.873. The Bertz CT molecular complexity index is 307. The van der Waals surface area contributed by atoms with E-state index in [1.54, 1.807) is 11.3 Å². The molecule has 0 atom stereocenters. The SMILES string of the molecule is CC(C)(CN)CCc1cc(Br)sc1Br. The van der Waals surface area contributed by atoms with Gasteiger partial charge in [0.1, 0.15) is 0 Å². The number of rotatable bonds is 4. The lowest BCUT2D eigenvalue weighted by molar-refractivity contribution is 0.348. The summed E-state index contributed by atoms with van der Waals surface area (Å²) < 4.78 is 2.42. The second-order valence-electron chi connectivity index (χ2n) is 4.22. The van der Waals surface area contributed by atoms with E-state index in [1.807, 2.05) is 0 Å². The molecule has 0 bridgehead atoms. The minimum absolute atomic E-state index is 0.244. The van der Waals surface area contributed by atoms with Crippen molar-refractivity contribution in [3.05, 3.63) is 19.2 Å². The van der Waals surface area contributed by atoms with Crippen molar-refractivity contribution in [2.45, 2.75) is 26.7 Å². The summed E-state index contributed by atoms with van der Waals surface area (Å²) >= 11 is 8.78. The van der Waals surface area contributed by atoms with Crippen LogP contribution < -0.4 is 5.73 Å². The van der Waals surface area contributed by atoms with E-state index in [4.69, 9.17) is 5.73 Å². The van der Waals surface area contributed by atoms with Crippen LogP contribution in [0.25, 0.3) is 0 Å². The molecule has 0 aromatic carbocycles. The highest BCUT2D eigenvalue weighted by Gasteiger charge is 2.16. The largest absolute Gasteiger partial charge is 0.330 e. The summed E-state index contributed by atoms with van der Waals surface area (Å²) in [6, 6.07) is 2.18. The summed E-state index contributed by atoms with van der Waals surface area (Å²) in [5.74, 6) is 0. The summed E-state index contributed by atoms with van der Waals surface area (Å²) in [6.07, 6.45) is 2.22. The van der Waals surface area contributed by atoms with Crippen molar-refractivity contribution in [2.24, 2.45) is 11.1 Å². The fourth-order valence-corrected chi connectivity index (χ4v) is 4.03. The van der Waals surface area contributed by atoms with E-state index in [1.165, 1.54) is 13.1 Å². The highest BCUT2D eigenvalue weighted by molar-refractivity contribution is 9.12. The molecule has 0 spiro atoms. The Morgan fingerprint density at radius 2 is 2.07 bits per heavy atom. The number of nitrogens with two attached hydrogens (primary N) is 1. The average Bonchev–Trinajstić information content (AvgIpc) is 2.42. The second kappa shape index (κ2) is 5.10. The van der Waals surface area contributed by atoms with E-state index >= 15 is 0 Å². The molecule has 0 amide bonds. The van der Waals surface area contributed by atoms with Crippen LogP contribution >= 0.6 is 43.2 Å². The Labute approximate surface area is 106 Å². The third-order valence-corrected chi connectivity index (χ3v) is 4.81. The van der Waals surface area contributed by atoms with Crippen molar-refractivity contribution in [1.82, 2.24) is 0 Å². The van der Waals surface area contributed by atoms with Gasteiger partial charge in [-0.1, -0.05) is 13.8 Å². The van der Waals surface area contributed by atoms with E-state index in [0.717, 1.165) is 19.4 Å². The zero-order valence-corrected chi connectivity index (χ0v) is 12.4. The number of hydrogen-bond acceptors (Lipinski definition) is 2. The van der Waals surface area contributed by atoms with Crippen molar-refractivity contribution >= 4 is 43.2 Å². The van der Waals surface area contributed by atoms with Crippen molar-refractivity contribution < 1.29 is 0 Å². The monoisotopic (exact) mass is 339 g/mol. The third-order valence-electron chi connectivity index (χ3n) is 2.35. The van der Waals surface area contributed by atoms with Gasteiger partial charge in [-0.3, -0.25) is 0 Å². The van der Waals surface area contributed by atoms with Crippen molar-refractivity contribution in [3.8, 4) is 0 Å². The lowest BCUT2D eigenvalue weighted by Gasteiger charge is -2.21. The second-order valence-corrected chi connectivity index (χ2v) is 7.97. The maximum absolute atomic E-state index is 5.70. The van der Waals surface area contributed by atoms with Crippen molar-refractivity contribution in [2.75, 3.05) is 6.54 Å². The molecule has 1 aromatic heterocycles. The normalized spacial score (nSPS) is 12.1. The van der Waals surface area contributed by atoms with Crippen molar-refractivity contribution in [3.63, 3.8) is 0 Å². The third kappa shape index (κ3) is 3.65. The molecule has 2 N–H and O–H groups in total. The number of hydrogen-bond donors (Lipinski definition) is 1. The molecule has 0 aliphatic carbocycles. The summed E-state index contributed by atoms with van der Waals surface area (Å²) in [7, 11) is 0. The van der Waals surface area contributed by atoms with Gasteiger partial charge in [0.05, 0.1) is 7.57 Å². The summed E-state index contributed by atoms with van der Waals surface area (Å²) in [6.45, 7) is 5.17. The lowest BCUT2D eigenvalue weighted by atomic mass is 9.87. The van der Waals surface area contributed by atoms with Gasteiger partial charge in [0, 0.05) is 0 Å². The van der Waals surface area contributed by atoms with Crippen LogP contribution in [0.15, 0.2) is 13.6 Å². The fraction of sp³-hybridized carbons (Fsp3) is 0.600. The molecule has 1 nitrogen and oxygen atoms in total. The maximum atomic E-state index is 5.70. The van der Waals surface area contributed by atoms with Crippen LogP contribution in [0.2, 0.25) is 0 Å². The fourth-order valence-electron chi connectivity index (χ4n) is 1.12. The van der Waals surface area contributed by atoms with Gasteiger partial charge in [-0.25, -0.2) is 0 Å². The highest BCUT2D eigenvalue weighted by atomic mass is 79.9. The number of halogens is 2. The summed E-state index contributed by atoms with van der Waals surface area (Å²) in [4.78, 5) is 0. The van der Waals surface area contributed by atoms with E-state index in [0.29, 0.717) is 0 Å². The molecule has 0 fully saturated rings. The molecule has 0 aliphatic rings. The van der Waals surface area contributed by atoms with Gasteiger partial charge in [-0.2, -0.15) is 0 Å². The molecule has 0 saturated carbocycles.